The fourth-order valence-electron chi connectivity index (χ4n) is 4.94. The van der Waals surface area contributed by atoms with Gasteiger partial charge in [-0.2, -0.15) is 0 Å². The van der Waals surface area contributed by atoms with Gasteiger partial charge in [0, 0.05) is 43.1 Å². The smallest absolute Gasteiger partial charge is 0.241 e. The lowest BCUT2D eigenvalue weighted by molar-refractivity contribution is -0.121. The van der Waals surface area contributed by atoms with Gasteiger partial charge in [0.1, 0.15) is 5.82 Å². The fraction of sp³-hybridized carbons (Fsp3) is 0.458. The Bertz CT molecular complexity index is 875. The van der Waals surface area contributed by atoms with E-state index >= 15 is 0 Å². The molecule has 1 saturated heterocycles. The van der Waals surface area contributed by atoms with E-state index < -0.39 is 0 Å². The third kappa shape index (κ3) is 4.01. The second kappa shape index (κ2) is 7.79. The summed E-state index contributed by atoms with van der Waals surface area (Å²) in [4.78, 5) is 19.9. The van der Waals surface area contributed by atoms with Crippen molar-refractivity contribution in [2.75, 3.05) is 42.5 Å². The molecule has 1 amide bonds. The first kappa shape index (κ1) is 19.9. The van der Waals surface area contributed by atoms with Gasteiger partial charge in [-0.3, -0.25) is 9.69 Å². The highest BCUT2D eigenvalue weighted by atomic mass is 19.1. The van der Waals surface area contributed by atoms with E-state index in [1.54, 1.807) is 12.1 Å². The van der Waals surface area contributed by atoms with Crippen LogP contribution in [0.1, 0.15) is 38.7 Å². The number of hydrogen-bond acceptors (Lipinski definition) is 3. The topological polar surface area (TPSA) is 26.8 Å². The molecule has 1 atom stereocenters. The highest BCUT2D eigenvalue weighted by Gasteiger charge is 2.40. The van der Waals surface area contributed by atoms with E-state index in [4.69, 9.17) is 0 Å². The first-order chi connectivity index (χ1) is 13.8. The summed E-state index contributed by atoms with van der Waals surface area (Å²) in [5.74, 6) is 0.0943. The van der Waals surface area contributed by atoms with Gasteiger partial charge in [0.15, 0.2) is 0 Å². The molecule has 0 saturated carbocycles. The van der Waals surface area contributed by atoms with Crippen molar-refractivity contribution >= 4 is 17.3 Å². The normalized spacial score (nSPS) is 21.7. The summed E-state index contributed by atoms with van der Waals surface area (Å²) in [7, 11) is 0. The number of amides is 1. The molecule has 2 aliphatic heterocycles. The van der Waals surface area contributed by atoms with E-state index in [1.807, 2.05) is 11.0 Å². The number of rotatable bonds is 3. The van der Waals surface area contributed by atoms with Gasteiger partial charge in [0.25, 0.3) is 0 Å². The fourth-order valence-corrected chi connectivity index (χ4v) is 4.94. The number of benzene rings is 2. The second-order valence-corrected chi connectivity index (χ2v) is 8.95. The molecule has 2 aromatic carbocycles. The summed E-state index contributed by atoms with van der Waals surface area (Å²) in [6.45, 7) is 10.3. The first-order valence-electron chi connectivity index (χ1n) is 10.5. The quantitative estimate of drug-likeness (QED) is 0.777. The molecule has 0 aromatic heterocycles. The van der Waals surface area contributed by atoms with Gasteiger partial charge in [0.2, 0.25) is 5.91 Å². The highest BCUT2D eigenvalue weighted by molar-refractivity contribution is 5.97. The highest BCUT2D eigenvalue weighted by Crippen LogP contribution is 2.43. The third-order valence-corrected chi connectivity index (χ3v) is 6.27. The zero-order valence-corrected chi connectivity index (χ0v) is 17.6. The van der Waals surface area contributed by atoms with E-state index in [2.05, 4.69) is 54.8 Å². The molecular formula is C24H30FN3O. The number of carbonyl (C=O) groups excluding carboxylic acids is 1. The number of nitrogens with zero attached hydrogens (tertiary/aromatic N) is 3. The Hall–Kier alpha value is -2.40. The first-order valence-corrected chi connectivity index (χ1v) is 10.5. The molecule has 2 aromatic rings. The van der Waals surface area contributed by atoms with Crippen LogP contribution in [0.5, 0.6) is 0 Å². The number of anilines is 2. The Labute approximate surface area is 172 Å². The minimum atomic E-state index is -0.285. The molecule has 0 radical (unpaired) electrons. The Morgan fingerprint density at radius 2 is 1.76 bits per heavy atom. The molecule has 154 valence electrons. The van der Waals surface area contributed by atoms with E-state index in [-0.39, 0.29) is 23.2 Å². The van der Waals surface area contributed by atoms with Crippen molar-refractivity contribution in [3.63, 3.8) is 0 Å². The molecular weight excluding hydrogens is 365 g/mol. The molecule has 0 spiro atoms. The van der Waals surface area contributed by atoms with Crippen LogP contribution in [0.25, 0.3) is 0 Å². The van der Waals surface area contributed by atoms with E-state index in [0.717, 1.165) is 43.9 Å². The molecule has 29 heavy (non-hydrogen) atoms. The average Bonchev–Trinajstić information content (AvgIpc) is 2.69. The Balaban J connectivity index is 1.46. The van der Waals surface area contributed by atoms with Crippen LogP contribution in [0.15, 0.2) is 48.5 Å². The second-order valence-electron chi connectivity index (χ2n) is 8.95. The van der Waals surface area contributed by atoms with Crippen molar-refractivity contribution in [2.45, 2.75) is 38.6 Å². The van der Waals surface area contributed by atoms with Gasteiger partial charge < -0.3 is 9.80 Å². The van der Waals surface area contributed by atoms with Crippen LogP contribution in [0, 0.1) is 5.82 Å². The molecule has 2 aliphatic rings. The molecule has 1 unspecified atom stereocenters. The average molecular weight is 396 g/mol. The van der Waals surface area contributed by atoms with Gasteiger partial charge in [-0.1, -0.05) is 25.1 Å². The van der Waals surface area contributed by atoms with Crippen LogP contribution in [0.2, 0.25) is 0 Å². The summed E-state index contributed by atoms with van der Waals surface area (Å²) < 4.78 is 13.8. The summed E-state index contributed by atoms with van der Waals surface area (Å²) >= 11 is 0. The SMILES string of the molecule is CC1CC(C)(C)N(C(=O)CN2CCN(c3ccccc3)CC2)c2ccc(F)cc21. The standard InChI is InChI=1S/C24H30FN3O/c1-18-16-24(2,3)28(22-10-9-19(25)15-21(18)22)23(29)17-26-11-13-27(14-12-26)20-7-5-4-6-8-20/h4-10,15,18H,11-14,16-17H2,1-3H3. The van der Waals surface area contributed by atoms with Gasteiger partial charge in [-0.25, -0.2) is 4.39 Å². The van der Waals surface area contributed by atoms with Crippen molar-refractivity contribution in [1.82, 2.24) is 4.90 Å². The molecule has 4 nitrogen and oxygen atoms in total. The molecule has 2 heterocycles. The van der Waals surface area contributed by atoms with Crippen molar-refractivity contribution in [2.24, 2.45) is 0 Å². The van der Waals surface area contributed by atoms with E-state index in [9.17, 15) is 9.18 Å². The Morgan fingerprint density at radius 3 is 2.45 bits per heavy atom. The van der Waals surface area contributed by atoms with Gasteiger partial charge in [0.05, 0.1) is 6.54 Å². The van der Waals surface area contributed by atoms with Crippen LogP contribution in [0.4, 0.5) is 15.8 Å². The van der Waals surface area contributed by atoms with Crippen molar-refractivity contribution in [1.29, 1.82) is 0 Å². The minimum absolute atomic E-state index is 0.0999. The molecule has 0 N–H and O–H groups in total. The molecule has 5 heteroatoms. The van der Waals surface area contributed by atoms with Gasteiger partial charge in [-0.05, 0) is 62.1 Å². The van der Waals surface area contributed by atoms with E-state index in [1.165, 1.54) is 11.8 Å². The maximum Gasteiger partial charge on any atom is 0.241 e. The Kier molecular flexibility index (Phi) is 5.34. The number of para-hydroxylation sites is 1. The number of carbonyl (C=O) groups is 1. The predicted molar refractivity (Wildman–Crippen MR) is 116 cm³/mol. The van der Waals surface area contributed by atoms with Crippen LogP contribution < -0.4 is 9.80 Å². The lowest BCUT2D eigenvalue weighted by atomic mass is 9.80. The number of hydrogen-bond donors (Lipinski definition) is 0. The predicted octanol–water partition coefficient (Wildman–Crippen LogP) is 4.27. The van der Waals surface area contributed by atoms with Crippen molar-refractivity contribution < 1.29 is 9.18 Å². The van der Waals surface area contributed by atoms with Crippen LogP contribution >= 0.6 is 0 Å². The van der Waals surface area contributed by atoms with Gasteiger partial charge in [-0.15, -0.1) is 0 Å². The molecule has 0 bridgehead atoms. The minimum Gasteiger partial charge on any atom is -0.369 e. The maximum atomic E-state index is 13.8. The number of halogens is 1. The van der Waals surface area contributed by atoms with Crippen LogP contribution in [-0.2, 0) is 4.79 Å². The largest absolute Gasteiger partial charge is 0.369 e. The van der Waals surface area contributed by atoms with Crippen molar-refractivity contribution in [3.05, 3.63) is 59.9 Å². The van der Waals surface area contributed by atoms with Crippen LogP contribution in [-0.4, -0.2) is 49.1 Å². The van der Waals surface area contributed by atoms with Gasteiger partial charge >= 0.3 is 0 Å². The number of piperazine rings is 1. The third-order valence-electron chi connectivity index (χ3n) is 6.27. The lowest BCUT2D eigenvalue weighted by Gasteiger charge is -2.47. The Morgan fingerprint density at radius 1 is 1.07 bits per heavy atom. The lowest BCUT2D eigenvalue weighted by Crippen LogP contribution is -2.56. The summed E-state index contributed by atoms with van der Waals surface area (Å²) in [6, 6.07) is 15.2. The van der Waals surface area contributed by atoms with Crippen molar-refractivity contribution in [3.8, 4) is 0 Å². The molecule has 0 aliphatic carbocycles. The van der Waals surface area contributed by atoms with Crippen LogP contribution in [0.3, 0.4) is 0 Å². The summed E-state index contributed by atoms with van der Waals surface area (Å²) in [6.07, 6.45) is 0.830. The molecule has 4 rings (SSSR count). The zero-order chi connectivity index (χ0) is 20.6. The summed E-state index contributed by atoms with van der Waals surface area (Å²) in [5.41, 5.74) is 2.75. The van der Waals surface area contributed by atoms with E-state index in [0.29, 0.717) is 6.54 Å². The molecule has 1 fully saturated rings. The summed E-state index contributed by atoms with van der Waals surface area (Å²) in [5, 5.41) is 0. The maximum absolute atomic E-state index is 13.8. The zero-order valence-electron chi connectivity index (χ0n) is 17.6. The monoisotopic (exact) mass is 395 g/mol. The number of fused-ring (bicyclic) bond motifs is 1.